The molecule has 0 amide bonds. The first-order chi connectivity index (χ1) is 8.15. The lowest BCUT2D eigenvalue weighted by molar-refractivity contribution is 0.0702. The van der Waals surface area contributed by atoms with E-state index in [-0.39, 0.29) is 0 Å². The zero-order valence-electron chi connectivity index (χ0n) is 8.59. The number of rotatable bonds is 4. The van der Waals surface area contributed by atoms with Gasteiger partial charge in [-0.1, -0.05) is 17.7 Å². The van der Waals surface area contributed by atoms with E-state index in [1.807, 2.05) is 11.4 Å². The average Bonchev–Trinajstić information content (AvgIpc) is 2.77. The van der Waals surface area contributed by atoms with Gasteiger partial charge in [-0.25, -0.2) is 9.78 Å². The first-order valence-electron chi connectivity index (χ1n) is 4.70. The fourth-order valence-electron chi connectivity index (χ4n) is 1.17. The minimum absolute atomic E-state index is 0.363. The molecule has 0 fully saturated rings. The molecule has 0 radical (unpaired) electrons. The number of pyridine rings is 1. The van der Waals surface area contributed by atoms with Gasteiger partial charge in [-0.3, -0.25) is 0 Å². The van der Waals surface area contributed by atoms with E-state index in [0.717, 1.165) is 16.2 Å². The molecule has 0 unspecified atom stereocenters. The van der Waals surface area contributed by atoms with Crippen LogP contribution in [-0.4, -0.2) is 16.1 Å². The molecule has 1 N–H and O–H groups in total. The number of hydrogen-bond acceptors (Lipinski definition) is 4. The molecule has 6 heteroatoms. The molecule has 0 bridgehead atoms. The van der Waals surface area contributed by atoms with Gasteiger partial charge >= 0.3 is 5.97 Å². The van der Waals surface area contributed by atoms with E-state index < -0.39 is 5.97 Å². The van der Waals surface area contributed by atoms with Crippen LogP contribution in [0.2, 0.25) is 5.15 Å². The van der Waals surface area contributed by atoms with Crippen LogP contribution < -0.4 is 0 Å². The first kappa shape index (κ1) is 12.4. The Bertz CT molecular complexity index is 525. The number of carboxylic acid groups (broad SMARTS) is 1. The number of hydrogen-bond donors (Lipinski definition) is 1. The van der Waals surface area contributed by atoms with Crippen LogP contribution in [0.5, 0.6) is 0 Å². The van der Waals surface area contributed by atoms with Crippen LogP contribution in [0.15, 0.2) is 34.7 Å². The molecule has 2 heterocycles. The molecule has 2 aromatic heterocycles. The molecule has 2 rings (SSSR count). The number of halogens is 1. The minimum Gasteiger partial charge on any atom is -0.477 e. The van der Waals surface area contributed by atoms with Crippen molar-refractivity contribution in [2.75, 3.05) is 0 Å². The maximum absolute atomic E-state index is 10.7. The van der Waals surface area contributed by atoms with Crippen molar-refractivity contribution in [1.82, 2.24) is 4.98 Å². The predicted molar refractivity (Wildman–Crippen MR) is 70.1 cm³/mol. The number of aromatic carboxylic acids is 1. The van der Waals surface area contributed by atoms with Gasteiger partial charge < -0.3 is 5.11 Å². The Morgan fingerprint density at radius 3 is 2.94 bits per heavy atom. The lowest BCUT2D eigenvalue weighted by atomic mass is 10.3. The number of nitrogens with zero attached hydrogens (tertiary/aromatic N) is 1. The Balaban J connectivity index is 1.97. The Hall–Kier alpha value is -1.04. The standard InChI is InChI=1S/C11H8ClNO2S2/c12-10-2-1-7(4-13-10)5-16-8-3-9(11(14)15)17-6-8/h1-4,6H,5H2,(H,14,15). The lowest BCUT2D eigenvalue weighted by Gasteiger charge is -1.98. The van der Waals surface area contributed by atoms with Crippen molar-refractivity contribution in [3.63, 3.8) is 0 Å². The Morgan fingerprint density at radius 1 is 1.53 bits per heavy atom. The van der Waals surface area contributed by atoms with Gasteiger partial charge in [0.1, 0.15) is 10.0 Å². The van der Waals surface area contributed by atoms with Gasteiger partial charge in [-0.15, -0.1) is 23.1 Å². The zero-order chi connectivity index (χ0) is 12.3. The third-order valence-corrected chi connectivity index (χ3v) is 4.32. The molecule has 3 nitrogen and oxygen atoms in total. The first-order valence-corrected chi connectivity index (χ1v) is 6.94. The van der Waals surface area contributed by atoms with Gasteiger partial charge in [0.25, 0.3) is 0 Å². The molecule has 0 aromatic carbocycles. The monoisotopic (exact) mass is 285 g/mol. The van der Waals surface area contributed by atoms with Crippen LogP contribution in [-0.2, 0) is 5.75 Å². The van der Waals surface area contributed by atoms with E-state index in [0.29, 0.717) is 10.0 Å². The lowest BCUT2D eigenvalue weighted by Crippen LogP contribution is -1.89. The highest BCUT2D eigenvalue weighted by atomic mass is 35.5. The van der Waals surface area contributed by atoms with Gasteiger partial charge in [0.05, 0.1) is 0 Å². The van der Waals surface area contributed by atoms with Gasteiger partial charge in [-0.2, -0.15) is 0 Å². The van der Waals surface area contributed by atoms with E-state index >= 15 is 0 Å². The van der Waals surface area contributed by atoms with E-state index in [1.165, 1.54) is 11.3 Å². The van der Waals surface area contributed by atoms with Crippen LogP contribution >= 0.6 is 34.7 Å². The van der Waals surface area contributed by atoms with Gasteiger partial charge in [0.15, 0.2) is 0 Å². The second kappa shape index (κ2) is 5.53. The largest absolute Gasteiger partial charge is 0.477 e. The molecule has 0 atom stereocenters. The molecule has 0 spiro atoms. The zero-order valence-corrected chi connectivity index (χ0v) is 11.0. The molecule has 17 heavy (non-hydrogen) atoms. The van der Waals surface area contributed by atoms with Crippen molar-refractivity contribution < 1.29 is 9.90 Å². The smallest absolute Gasteiger partial charge is 0.345 e. The summed E-state index contributed by atoms with van der Waals surface area (Å²) in [5.41, 5.74) is 1.06. The molecule has 0 aliphatic carbocycles. The Labute approximate surface area is 111 Å². The van der Waals surface area contributed by atoms with Crippen LogP contribution in [0.1, 0.15) is 15.2 Å². The average molecular weight is 286 g/mol. The van der Waals surface area contributed by atoms with Crippen LogP contribution in [0, 0.1) is 0 Å². The molecule has 2 aromatic rings. The summed E-state index contributed by atoms with van der Waals surface area (Å²) in [6.07, 6.45) is 1.72. The molecule has 0 saturated heterocycles. The van der Waals surface area contributed by atoms with Crippen LogP contribution in [0.3, 0.4) is 0 Å². The van der Waals surface area contributed by atoms with E-state index in [2.05, 4.69) is 4.98 Å². The third kappa shape index (κ3) is 3.46. The van der Waals surface area contributed by atoms with E-state index in [4.69, 9.17) is 16.7 Å². The number of carboxylic acids is 1. The molecule has 88 valence electrons. The highest BCUT2D eigenvalue weighted by molar-refractivity contribution is 7.98. The van der Waals surface area contributed by atoms with Crippen LogP contribution in [0.25, 0.3) is 0 Å². The van der Waals surface area contributed by atoms with Gasteiger partial charge in [0, 0.05) is 22.2 Å². The fourth-order valence-corrected chi connectivity index (χ4v) is 3.08. The third-order valence-electron chi connectivity index (χ3n) is 1.98. The Kier molecular flexibility index (Phi) is 4.04. The van der Waals surface area contributed by atoms with Crippen molar-refractivity contribution in [1.29, 1.82) is 0 Å². The van der Waals surface area contributed by atoms with Crippen molar-refractivity contribution in [2.24, 2.45) is 0 Å². The summed E-state index contributed by atoms with van der Waals surface area (Å²) in [6, 6.07) is 5.33. The van der Waals surface area contributed by atoms with E-state index in [1.54, 1.807) is 30.1 Å². The van der Waals surface area contributed by atoms with Crippen molar-refractivity contribution in [2.45, 2.75) is 10.6 Å². The minimum atomic E-state index is -0.880. The summed E-state index contributed by atoms with van der Waals surface area (Å²) in [5, 5.41) is 11.1. The van der Waals surface area contributed by atoms with Crippen molar-refractivity contribution in [3.05, 3.63) is 45.4 Å². The number of thioether (sulfide) groups is 1. The molecular formula is C11H8ClNO2S2. The molecular weight excluding hydrogens is 278 g/mol. The fraction of sp³-hybridized carbons (Fsp3) is 0.0909. The van der Waals surface area contributed by atoms with Gasteiger partial charge in [-0.05, 0) is 17.7 Å². The number of thiophene rings is 1. The van der Waals surface area contributed by atoms with E-state index in [9.17, 15) is 4.79 Å². The summed E-state index contributed by atoms with van der Waals surface area (Å²) < 4.78 is 0. The van der Waals surface area contributed by atoms with Crippen molar-refractivity contribution in [3.8, 4) is 0 Å². The number of aromatic nitrogens is 1. The second-order valence-electron chi connectivity index (χ2n) is 3.23. The maximum atomic E-state index is 10.7. The Morgan fingerprint density at radius 2 is 2.35 bits per heavy atom. The topological polar surface area (TPSA) is 50.2 Å². The highest BCUT2D eigenvalue weighted by Crippen LogP contribution is 2.27. The predicted octanol–water partition coefficient (Wildman–Crippen LogP) is 3.79. The quantitative estimate of drug-likeness (QED) is 0.686. The SMILES string of the molecule is O=C(O)c1cc(SCc2ccc(Cl)nc2)cs1. The molecule has 0 aliphatic heterocycles. The summed E-state index contributed by atoms with van der Waals surface area (Å²) in [7, 11) is 0. The summed E-state index contributed by atoms with van der Waals surface area (Å²) in [5.74, 6) is -0.130. The highest BCUT2D eigenvalue weighted by Gasteiger charge is 2.07. The second-order valence-corrected chi connectivity index (χ2v) is 5.58. The van der Waals surface area contributed by atoms with Crippen molar-refractivity contribution >= 4 is 40.7 Å². The summed E-state index contributed by atoms with van der Waals surface area (Å²) in [4.78, 5) is 16.0. The molecule has 0 saturated carbocycles. The van der Waals surface area contributed by atoms with Gasteiger partial charge in [0.2, 0.25) is 0 Å². The van der Waals surface area contributed by atoms with Crippen LogP contribution in [0.4, 0.5) is 0 Å². The summed E-state index contributed by atoms with van der Waals surface area (Å²) in [6.45, 7) is 0. The maximum Gasteiger partial charge on any atom is 0.345 e. The summed E-state index contributed by atoms with van der Waals surface area (Å²) >= 11 is 8.51. The normalized spacial score (nSPS) is 10.4. The number of carbonyl (C=O) groups is 1. The molecule has 0 aliphatic rings.